The minimum atomic E-state index is -0.855. The topological polar surface area (TPSA) is 86.7 Å². The number of carboxylic acids is 1. The summed E-state index contributed by atoms with van der Waals surface area (Å²) in [6, 6.07) is 6.53. The van der Waals surface area contributed by atoms with E-state index in [1.54, 1.807) is 23.1 Å². The van der Waals surface area contributed by atoms with Gasteiger partial charge in [-0.3, -0.25) is 14.4 Å². The predicted octanol–water partition coefficient (Wildman–Crippen LogP) is 2.06. The van der Waals surface area contributed by atoms with Crippen molar-refractivity contribution in [3.8, 4) is 0 Å². The third-order valence-corrected chi connectivity index (χ3v) is 5.14. The number of aliphatic carboxylic acids is 1. The van der Waals surface area contributed by atoms with E-state index >= 15 is 0 Å². The molecule has 6 nitrogen and oxygen atoms in total. The van der Waals surface area contributed by atoms with Gasteiger partial charge in [-0.05, 0) is 37.8 Å². The highest BCUT2D eigenvalue weighted by atomic mass is 35.5. The lowest BCUT2D eigenvalue weighted by Gasteiger charge is -2.19. The summed E-state index contributed by atoms with van der Waals surface area (Å²) in [6.07, 6.45) is 1.93. The molecule has 1 aliphatic carbocycles. The van der Waals surface area contributed by atoms with E-state index in [9.17, 15) is 14.4 Å². The van der Waals surface area contributed by atoms with E-state index < -0.39 is 17.9 Å². The third kappa shape index (κ3) is 3.24. The van der Waals surface area contributed by atoms with Crippen molar-refractivity contribution >= 4 is 35.1 Å². The molecule has 2 fully saturated rings. The first kappa shape index (κ1) is 16.8. The summed E-state index contributed by atoms with van der Waals surface area (Å²) in [5.41, 5.74) is 0.646. The summed E-state index contributed by atoms with van der Waals surface area (Å²) >= 11 is 6.14. The number of carboxylic acid groups (broad SMARTS) is 1. The highest BCUT2D eigenvalue weighted by molar-refractivity contribution is 6.34. The molecule has 1 heterocycles. The van der Waals surface area contributed by atoms with Crippen LogP contribution >= 0.6 is 11.6 Å². The Morgan fingerprint density at radius 2 is 1.88 bits per heavy atom. The molecule has 2 aliphatic rings. The Hall–Kier alpha value is -2.08. The van der Waals surface area contributed by atoms with E-state index in [2.05, 4.69) is 5.32 Å². The molecule has 1 unspecified atom stereocenters. The molecule has 0 aromatic heterocycles. The van der Waals surface area contributed by atoms with Gasteiger partial charge in [-0.25, -0.2) is 0 Å². The van der Waals surface area contributed by atoms with Gasteiger partial charge in [0.1, 0.15) is 6.04 Å². The second kappa shape index (κ2) is 6.81. The molecule has 1 saturated carbocycles. The Bertz CT molecular complexity index is 678. The lowest BCUT2D eigenvalue weighted by Crippen LogP contribution is -2.43. The standard InChI is InChI=1S/C17H19ClN2O4/c18-12-3-1-2-4-14(12)20-8-7-13(16(20)22)19-15(21)10-5-6-11(9-10)17(23)24/h1-4,10-11,13H,5-9H2,(H,19,21)(H,23,24)/t10-,11+,13?/m0/s1. The Balaban J connectivity index is 1.61. The van der Waals surface area contributed by atoms with Crippen LogP contribution in [0.1, 0.15) is 25.7 Å². The largest absolute Gasteiger partial charge is 0.481 e. The number of rotatable bonds is 4. The molecular weight excluding hydrogens is 332 g/mol. The first-order valence-electron chi connectivity index (χ1n) is 8.06. The number of hydrogen-bond acceptors (Lipinski definition) is 3. The molecule has 128 valence electrons. The lowest BCUT2D eigenvalue weighted by atomic mass is 10.0. The van der Waals surface area contributed by atoms with Crippen LogP contribution in [0.2, 0.25) is 5.02 Å². The van der Waals surface area contributed by atoms with Gasteiger partial charge < -0.3 is 15.3 Å². The number of nitrogens with one attached hydrogen (secondary N) is 1. The van der Waals surface area contributed by atoms with Gasteiger partial charge in [0.15, 0.2) is 0 Å². The molecule has 0 spiro atoms. The van der Waals surface area contributed by atoms with E-state index in [1.807, 2.05) is 6.07 Å². The van der Waals surface area contributed by atoms with Gasteiger partial charge >= 0.3 is 5.97 Å². The molecule has 0 radical (unpaired) electrons. The molecule has 2 N–H and O–H groups in total. The summed E-state index contributed by atoms with van der Waals surface area (Å²) in [6.45, 7) is 0.496. The molecule has 3 rings (SSSR count). The number of carbonyl (C=O) groups excluding carboxylic acids is 2. The van der Waals surface area contributed by atoms with Crippen molar-refractivity contribution in [2.45, 2.75) is 31.7 Å². The van der Waals surface area contributed by atoms with Crippen molar-refractivity contribution in [3.63, 3.8) is 0 Å². The maximum absolute atomic E-state index is 12.5. The number of carbonyl (C=O) groups is 3. The van der Waals surface area contributed by atoms with Crippen LogP contribution in [0.3, 0.4) is 0 Å². The van der Waals surface area contributed by atoms with E-state index in [-0.39, 0.29) is 17.7 Å². The third-order valence-electron chi connectivity index (χ3n) is 4.82. The monoisotopic (exact) mass is 350 g/mol. The maximum Gasteiger partial charge on any atom is 0.306 e. The molecule has 1 aromatic carbocycles. The summed E-state index contributed by atoms with van der Waals surface area (Å²) in [5, 5.41) is 12.3. The van der Waals surface area contributed by atoms with Gasteiger partial charge in [-0.15, -0.1) is 0 Å². The zero-order valence-electron chi connectivity index (χ0n) is 13.1. The molecule has 3 atom stereocenters. The van der Waals surface area contributed by atoms with Crippen molar-refractivity contribution in [3.05, 3.63) is 29.3 Å². The van der Waals surface area contributed by atoms with Gasteiger partial charge in [0, 0.05) is 12.5 Å². The second-order valence-corrected chi connectivity index (χ2v) is 6.74. The summed E-state index contributed by atoms with van der Waals surface area (Å²) in [5.74, 6) is -2.04. The maximum atomic E-state index is 12.5. The van der Waals surface area contributed by atoms with Crippen LogP contribution in [0.4, 0.5) is 5.69 Å². The average Bonchev–Trinajstić information content (AvgIpc) is 3.17. The van der Waals surface area contributed by atoms with Crippen LogP contribution in [0.5, 0.6) is 0 Å². The van der Waals surface area contributed by atoms with Crippen LogP contribution in [-0.4, -0.2) is 35.5 Å². The first-order valence-corrected chi connectivity index (χ1v) is 8.44. The number of benzene rings is 1. The SMILES string of the molecule is O=C(O)[C@@H]1CC[C@H](C(=O)NC2CCN(c3ccccc3Cl)C2=O)C1. The highest BCUT2D eigenvalue weighted by Crippen LogP contribution is 2.32. The van der Waals surface area contributed by atoms with Crippen molar-refractivity contribution in [1.29, 1.82) is 0 Å². The molecule has 2 amide bonds. The van der Waals surface area contributed by atoms with Crippen molar-refractivity contribution in [2.75, 3.05) is 11.4 Å². The number of anilines is 1. The smallest absolute Gasteiger partial charge is 0.306 e. The normalized spacial score (nSPS) is 26.6. The van der Waals surface area contributed by atoms with E-state index in [0.717, 1.165) is 0 Å². The van der Waals surface area contributed by atoms with Crippen LogP contribution in [0, 0.1) is 11.8 Å². The molecule has 1 saturated heterocycles. The van der Waals surface area contributed by atoms with Gasteiger partial charge in [0.25, 0.3) is 0 Å². The van der Waals surface area contributed by atoms with Crippen LogP contribution in [0.15, 0.2) is 24.3 Å². The summed E-state index contributed by atoms with van der Waals surface area (Å²) < 4.78 is 0. The summed E-state index contributed by atoms with van der Waals surface area (Å²) in [4.78, 5) is 37.4. The molecular formula is C17H19ClN2O4. The fourth-order valence-corrected chi connectivity index (χ4v) is 3.69. The number of hydrogen-bond donors (Lipinski definition) is 2. The molecule has 24 heavy (non-hydrogen) atoms. The van der Waals surface area contributed by atoms with E-state index in [1.165, 1.54) is 0 Å². The first-order chi connectivity index (χ1) is 11.5. The fourth-order valence-electron chi connectivity index (χ4n) is 3.46. The number of amides is 2. The Labute approximate surface area is 144 Å². The minimum Gasteiger partial charge on any atom is -0.481 e. The minimum absolute atomic E-state index is 0.177. The van der Waals surface area contributed by atoms with Crippen LogP contribution in [0.25, 0.3) is 0 Å². The quantitative estimate of drug-likeness (QED) is 0.870. The predicted molar refractivity (Wildman–Crippen MR) is 88.8 cm³/mol. The van der Waals surface area contributed by atoms with Gasteiger partial charge in [0.05, 0.1) is 16.6 Å². The van der Waals surface area contributed by atoms with E-state index in [0.29, 0.717) is 42.9 Å². The summed E-state index contributed by atoms with van der Waals surface area (Å²) in [7, 11) is 0. The molecule has 1 aromatic rings. The molecule has 1 aliphatic heterocycles. The number of halogens is 1. The van der Waals surface area contributed by atoms with Crippen LogP contribution in [-0.2, 0) is 14.4 Å². The van der Waals surface area contributed by atoms with Gasteiger partial charge in [-0.1, -0.05) is 23.7 Å². The van der Waals surface area contributed by atoms with Crippen LogP contribution < -0.4 is 10.2 Å². The zero-order valence-corrected chi connectivity index (χ0v) is 13.8. The second-order valence-electron chi connectivity index (χ2n) is 6.34. The zero-order chi connectivity index (χ0) is 17.3. The lowest BCUT2D eigenvalue weighted by molar-refractivity contribution is -0.141. The highest BCUT2D eigenvalue weighted by Gasteiger charge is 2.38. The fraction of sp³-hybridized carbons (Fsp3) is 0.471. The van der Waals surface area contributed by atoms with Gasteiger partial charge in [-0.2, -0.15) is 0 Å². The van der Waals surface area contributed by atoms with E-state index in [4.69, 9.17) is 16.7 Å². The van der Waals surface area contributed by atoms with Crippen molar-refractivity contribution in [2.24, 2.45) is 11.8 Å². The van der Waals surface area contributed by atoms with Crippen molar-refractivity contribution in [1.82, 2.24) is 5.32 Å². The Kier molecular flexibility index (Phi) is 4.76. The molecule has 7 heteroatoms. The Morgan fingerprint density at radius 3 is 2.54 bits per heavy atom. The van der Waals surface area contributed by atoms with Gasteiger partial charge in [0.2, 0.25) is 11.8 Å². The Morgan fingerprint density at radius 1 is 1.17 bits per heavy atom. The average molecular weight is 351 g/mol. The van der Waals surface area contributed by atoms with Crippen molar-refractivity contribution < 1.29 is 19.5 Å². The number of para-hydroxylation sites is 1. The number of nitrogens with zero attached hydrogens (tertiary/aromatic N) is 1. The molecule has 0 bridgehead atoms.